The first-order chi connectivity index (χ1) is 14.6. The van der Waals surface area contributed by atoms with Crippen LogP contribution in [0.15, 0.2) is 60.9 Å². The molecule has 30 heavy (non-hydrogen) atoms. The molecule has 0 aliphatic carbocycles. The number of aromatic amines is 1. The number of carbonyl (C=O) groups is 1. The summed E-state index contributed by atoms with van der Waals surface area (Å²) in [6.07, 6.45) is 3.52. The first-order valence-corrected chi connectivity index (χ1v) is 10.1. The Morgan fingerprint density at radius 2 is 1.73 bits per heavy atom. The fraction of sp³-hybridized carbons (Fsp3) is 0.182. The molecule has 152 valence electrons. The van der Waals surface area contributed by atoms with Gasteiger partial charge in [0.15, 0.2) is 5.75 Å². The van der Waals surface area contributed by atoms with Gasteiger partial charge in [0.1, 0.15) is 0 Å². The number of anilines is 1. The molecule has 4 aromatic rings. The van der Waals surface area contributed by atoms with E-state index in [1.54, 1.807) is 35.0 Å². The van der Waals surface area contributed by atoms with Crippen LogP contribution in [0.5, 0.6) is 5.75 Å². The molecule has 0 atom stereocenters. The molecule has 5 rings (SSSR count). The predicted molar refractivity (Wildman–Crippen MR) is 117 cm³/mol. The molecule has 0 saturated carbocycles. The van der Waals surface area contributed by atoms with Crippen LogP contribution >= 0.6 is 11.6 Å². The number of imidazole rings is 1. The Hall–Kier alpha value is -3.45. The number of benzene rings is 2. The second-order valence-corrected chi connectivity index (χ2v) is 7.74. The van der Waals surface area contributed by atoms with Crippen molar-refractivity contribution in [2.75, 3.05) is 31.1 Å². The minimum atomic E-state index is -0.00427. The fourth-order valence-electron chi connectivity index (χ4n) is 3.79. The highest BCUT2D eigenvalue weighted by molar-refractivity contribution is 6.30. The number of H-pyrrole nitrogens is 1. The molecular formula is C22H20ClN5O2. The fourth-order valence-corrected chi connectivity index (χ4v) is 3.91. The van der Waals surface area contributed by atoms with Gasteiger partial charge < -0.3 is 19.9 Å². The number of amides is 1. The number of carbonyl (C=O) groups excluding carboxylic acids is 1. The zero-order valence-electron chi connectivity index (χ0n) is 16.1. The highest BCUT2D eigenvalue weighted by Crippen LogP contribution is 2.31. The molecule has 2 aromatic heterocycles. The monoisotopic (exact) mass is 421 g/mol. The molecule has 3 heterocycles. The molecule has 7 nitrogen and oxygen atoms in total. The number of piperazine rings is 1. The van der Waals surface area contributed by atoms with Gasteiger partial charge >= 0.3 is 0 Å². The Morgan fingerprint density at radius 3 is 2.47 bits per heavy atom. The number of fused-ring (bicyclic) bond motifs is 1. The lowest BCUT2D eigenvalue weighted by molar-refractivity contribution is 0.0747. The average molecular weight is 422 g/mol. The summed E-state index contributed by atoms with van der Waals surface area (Å²) < 4.78 is 1.79. The maximum Gasteiger partial charge on any atom is 0.253 e. The first-order valence-electron chi connectivity index (χ1n) is 9.74. The predicted octanol–water partition coefficient (Wildman–Crippen LogP) is 3.68. The molecule has 0 unspecified atom stereocenters. The van der Waals surface area contributed by atoms with Crippen molar-refractivity contribution in [2.45, 2.75) is 0 Å². The zero-order valence-corrected chi connectivity index (χ0v) is 16.9. The van der Waals surface area contributed by atoms with Crippen LogP contribution in [-0.2, 0) is 0 Å². The molecule has 1 aliphatic rings. The van der Waals surface area contributed by atoms with E-state index >= 15 is 0 Å². The molecule has 8 heteroatoms. The Labute approximate surface area is 178 Å². The van der Waals surface area contributed by atoms with E-state index in [2.05, 4.69) is 14.9 Å². The van der Waals surface area contributed by atoms with Gasteiger partial charge in [0.05, 0.1) is 22.9 Å². The van der Waals surface area contributed by atoms with Gasteiger partial charge in [-0.3, -0.25) is 9.36 Å². The summed E-state index contributed by atoms with van der Waals surface area (Å²) in [6, 6.07) is 14.7. The summed E-state index contributed by atoms with van der Waals surface area (Å²) in [7, 11) is 0. The number of para-hydroxylation sites is 2. The number of halogens is 1. The van der Waals surface area contributed by atoms with Gasteiger partial charge in [0.2, 0.25) is 5.95 Å². The molecule has 2 N–H and O–H groups in total. The average Bonchev–Trinajstić information content (AvgIpc) is 3.37. The number of hydrogen-bond donors (Lipinski definition) is 2. The van der Waals surface area contributed by atoms with Gasteiger partial charge in [-0.1, -0.05) is 23.7 Å². The summed E-state index contributed by atoms with van der Waals surface area (Å²) >= 11 is 5.91. The smallest absolute Gasteiger partial charge is 0.253 e. The summed E-state index contributed by atoms with van der Waals surface area (Å²) in [5.41, 5.74) is 3.17. The summed E-state index contributed by atoms with van der Waals surface area (Å²) in [5, 5.41) is 11.1. The van der Waals surface area contributed by atoms with E-state index < -0.39 is 0 Å². The summed E-state index contributed by atoms with van der Waals surface area (Å²) in [6.45, 7) is 2.43. The second kappa shape index (κ2) is 7.42. The van der Waals surface area contributed by atoms with Crippen molar-refractivity contribution in [1.29, 1.82) is 0 Å². The molecular weight excluding hydrogens is 402 g/mol. The number of rotatable bonds is 3. The lowest BCUT2D eigenvalue weighted by Crippen LogP contribution is -2.48. The highest BCUT2D eigenvalue weighted by atomic mass is 35.5. The molecule has 0 bridgehead atoms. The molecule has 1 saturated heterocycles. The molecule has 1 fully saturated rings. The van der Waals surface area contributed by atoms with E-state index in [9.17, 15) is 9.90 Å². The van der Waals surface area contributed by atoms with E-state index in [0.717, 1.165) is 16.7 Å². The molecule has 0 radical (unpaired) electrons. The number of hydrogen-bond acceptors (Lipinski definition) is 4. The SMILES string of the molecule is O=C(c1ccc(Cl)cc1)N1CCN(c2cn(-c3nc4ccccc4[nH]3)cc2O)CC1. The van der Waals surface area contributed by atoms with Crippen molar-refractivity contribution in [2.24, 2.45) is 0 Å². The highest BCUT2D eigenvalue weighted by Gasteiger charge is 2.24. The van der Waals surface area contributed by atoms with Gasteiger partial charge in [0.25, 0.3) is 5.91 Å². The molecule has 1 amide bonds. The van der Waals surface area contributed by atoms with E-state index in [-0.39, 0.29) is 11.7 Å². The number of aromatic nitrogens is 3. The van der Waals surface area contributed by atoms with Crippen molar-refractivity contribution < 1.29 is 9.90 Å². The van der Waals surface area contributed by atoms with Crippen LogP contribution in [0, 0.1) is 0 Å². The van der Waals surface area contributed by atoms with Crippen LogP contribution in [0.2, 0.25) is 5.02 Å². The van der Waals surface area contributed by atoms with Crippen LogP contribution in [0.25, 0.3) is 17.0 Å². The third-order valence-corrected chi connectivity index (χ3v) is 5.66. The number of nitrogens with zero attached hydrogens (tertiary/aromatic N) is 4. The van der Waals surface area contributed by atoms with Crippen LogP contribution in [-0.4, -0.2) is 56.6 Å². The normalized spacial score (nSPS) is 14.4. The lowest BCUT2D eigenvalue weighted by Gasteiger charge is -2.35. The topological polar surface area (TPSA) is 77.4 Å². The van der Waals surface area contributed by atoms with Gasteiger partial charge in [-0.05, 0) is 36.4 Å². The van der Waals surface area contributed by atoms with Crippen molar-refractivity contribution in [1.82, 2.24) is 19.4 Å². The van der Waals surface area contributed by atoms with Gasteiger partial charge in [-0.15, -0.1) is 0 Å². The van der Waals surface area contributed by atoms with Gasteiger partial charge in [-0.25, -0.2) is 4.98 Å². The van der Waals surface area contributed by atoms with Crippen LogP contribution in [0.4, 0.5) is 5.69 Å². The van der Waals surface area contributed by atoms with Gasteiger partial charge in [0, 0.05) is 43.0 Å². The largest absolute Gasteiger partial charge is 0.504 e. The third-order valence-electron chi connectivity index (χ3n) is 5.41. The Bertz CT molecular complexity index is 1170. The quantitative estimate of drug-likeness (QED) is 0.529. The molecule has 2 aromatic carbocycles. The van der Waals surface area contributed by atoms with Crippen molar-refractivity contribution >= 4 is 34.2 Å². The minimum Gasteiger partial charge on any atom is -0.504 e. The van der Waals surface area contributed by atoms with E-state index in [0.29, 0.717) is 42.7 Å². The van der Waals surface area contributed by atoms with Crippen LogP contribution < -0.4 is 4.90 Å². The second-order valence-electron chi connectivity index (χ2n) is 7.30. The Kier molecular flexibility index (Phi) is 4.59. The summed E-state index contributed by atoms with van der Waals surface area (Å²) in [4.78, 5) is 24.4. The summed E-state index contributed by atoms with van der Waals surface area (Å²) in [5.74, 6) is 0.831. The Balaban J connectivity index is 1.30. The van der Waals surface area contributed by atoms with Crippen LogP contribution in [0.3, 0.4) is 0 Å². The number of aromatic hydroxyl groups is 1. The van der Waals surface area contributed by atoms with Crippen LogP contribution in [0.1, 0.15) is 10.4 Å². The third kappa shape index (κ3) is 3.37. The van der Waals surface area contributed by atoms with E-state index in [1.165, 1.54) is 0 Å². The molecule has 0 spiro atoms. The Morgan fingerprint density at radius 1 is 1.00 bits per heavy atom. The number of nitrogens with one attached hydrogen (secondary N) is 1. The first kappa shape index (κ1) is 18.6. The van der Waals surface area contributed by atoms with Crippen molar-refractivity contribution in [3.63, 3.8) is 0 Å². The maximum absolute atomic E-state index is 12.7. The zero-order chi connectivity index (χ0) is 20.7. The lowest BCUT2D eigenvalue weighted by atomic mass is 10.2. The molecule has 1 aliphatic heterocycles. The van der Waals surface area contributed by atoms with Crippen molar-refractivity contribution in [3.8, 4) is 11.7 Å². The maximum atomic E-state index is 12.7. The minimum absolute atomic E-state index is 0.00427. The van der Waals surface area contributed by atoms with Crippen molar-refractivity contribution in [3.05, 3.63) is 71.5 Å². The standard InChI is InChI=1S/C22H20ClN5O2/c23-16-7-5-15(6-8-16)21(30)27-11-9-26(10-12-27)19-13-28(14-20(19)29)22-24-17-3-1-2-4-18(17)25-22/h1-8,13-14,29H,9-12H2,(H,24,25). The van der Waals surface area contributed by atoms with Gasteiger partial charge in [-0.2, -0.15) is 0 Å². The van der Waals surface area contributed by atoms with E-state index in [1.807, 2.05) is 35.4 Å². The van der Waals surface area contributed by atoms with E-state index in [4.69, 9.17) is 11.6 Å².